The lowest BCUT2D eigenvalue weighted by Gasteiger charge is -2.21. The predicted molar refractivity (Wildman–Crippen MR) is 93.3 cm³/mol. The summed E-state index contributed by atoms with van der Waals surface area (Å²) in [6, 6.07) is 11.7. The fourth-order valence-electron chi connectivity index (χ4n) is 2.90. The summed E-state index contributed by atoms with van der Waals surface area (Å²) in [4.78, 5) is 26.6. The zero-order valence-electron chi connectivity index (χ0n) is 14.3. The molecule has 1 N–H and O–H groups in total. The fraction of sp³-hybridized carbons (Fsp3) is 0.400. The van der Waals surface area contributed by atoms with Crippen molar-refractivity contribution in [3.05, 3.63) is 59.0 Å². The lowest BCUT2D eigenvalue weighted by molar-refractivity contribution is 0.0695. The minimum atomic E-state index is -0.0637. The van der Waals surface area contributed by atoms with Gasteiger partial charge in [0.15, 0.2) is 5.76 Å². The molecule has 2 aromatic rings. The Morgan fingerprint density at radius 2 is 1.80 bits per heavy atom. The summed E-state index contributed by atoms with van der Waals surface area (Å²) in [6.45, 7) is 2.37. The first-order valence-corrected chi connectivity index (χ1v) is 8.87. The molecule has 0 saturated heterocycles. The molecule has 1 aromatic carbocycles. The van der Waals surface area contributed by atoms with Gasteiger partial charge in [-0.15, -0.1) is 0 Å². The number of hydrogen-bond acceptors (Lipinski definition) is 3. The number of rotatable bonds is 6. The zero-order chi connectivity index (χ0) is 17.4. The van der Waals surface area contributed by atoms with Gasteiger partial charge in [-0.25, -0.2) is 0 Å². The third kappa shape index (κ3) is 3.76. The topological polar surface area (TPSA) is 62.6 Å². The molecule has 25 heavy (non-hydrogen) atoms. The fourth-order valence-corrected chi connectivity index (χ4v) is 2.90. The average molecular weight is 338 g/mol. The van der Waals surface area contributed by atoms with Crippen molar-refractivity contribution < 1.29 is 14.0 Å². The molecule has 1 heterocycles. The minimum absolute atomic E-state index is 0.0183. The summed E-state index contributed by atoms with van der Waals surface area (Å²) in [5.74, 6) is 1.05. The van der Waals surface area contributed by atoms with Crippen LogP contribution in [0.25, 0.3) is 0 Å². The van der Waals surface area contributed by atoms with E-state index in [0.717, 1.165) is 37.0 Å². The molecule has 130 valence electrons. The number of aryl methyl sites for hydroxylation is 1. The summed E-state index contributed by atoms with van der Waals surface area (Å²) < 4.78 is 5.49. The molecule has 4 rings (SSSR count). The quantitative estimate of drug-likeness (QED) is 0.879. The number of hydrogen-bond donors (Lipinski definition) is 1. The molecule has 2 aliphatic carbocycles. The van der Waals surface area contributed by atoms with Gasteiger partial charge in [0.1, 0.15) is 5.76 Å². The highest BCUT2D eigenvalue weighted by Crippen LogP contribution is 2.30. The average Bonchev–Trinajstić information content (AvgIpc) is 3.53. The van der Waals surface area contributed by atoms with Crippen molar-refractivity contribution in [1.82, 2.24) is 10.2 Å². The smallest absolute Gasteiger partial charge is 0.290 e. The van der Waals surface area contributed by atoms with Crippen LogP contribution in [0.15, 0.2) is 40.8 Å². The Morgan fingerprint density at radius 1 is 1.08 bits per heavy atom. The van der Waals surface area contributed by atoms with Gasteiger partial charge in [0.25, 0.3) is 11.8 Å². The van der Waals surface area contributed by atoms with Crippen molar-refractivity contribution >= 4 is 11.8 Å². The maximum absolute atomic E-state index is 12.7. The second-order valence-corrected chi connectivity index (χ2v) is 7.02. The zero-order valence-corrected chi connectivity index (χ0v) is 14.3. The Morgan fingerprint density at radius 3 is 2.36 bits per heavy atom. The van der Waals surface area contributed by atoms with Crippen LogP contribution in [-0.4, -0.2) is 28.8 Å². The highest BCUT2D eigenvalue weighted by molar-refractivity contribution is 5.94. The van der Waals surface area contributed by atoms with Crippen molar-refractivity contribution in [1.29, 1.82) is 0 Å². The van der Waals surface area contributed by atoms with Crippen LogP contribution in [0, 0.1) is 6.92 Å². The Balaban J connectivity index is 1.45. The van der Waals surface area contributed by atoms with E-state index < -0.39 is 0 Å². The number of benzene rings is 1. The molecule has 5 nitrogen and oxygen atoms in total. The second kappa shape index (κ2) is 6.39. The molecular weight excluding hydrogens is 316 g/mol. The van der Waals surface area contributed by atoms with Crippen LogP contribution >= 0.6 is 0 Å². The monoisotopic (exact) mass is 338 g/mol. The van der Waals surface area contributed by atoms with Gasteiger partial charge in [0.05, 0.1) is 0 Å². The van der Waals surface area contributed by atoms with E-state index in [1.807, 2.05) is 42.2 Å². The third-order valence-corrected chi connectivity index (χ3v) is 4.68. The van der Waals surface area contributed by atoms with Crippen LogP contribution in [0.4, 0.5) is 0 Å². The Hall–Kier alpha value is -2.56. The van der Waals surface area contributed by atoms with Crippen LogP contribution in [0.1, 0.15) is 57.9 Å². The van der Waals surface area contributed by atoms with Crippen molar-refractivity contribution in [3.63, 3.8) is 0 Å². The molecule has 0 unspecified atom stereocenters. The van der Waals surface area contributed by atoms with Gasteiger partial charge in [-0.3, -0.25) is 9.59 Å². The first-order chi connectivity index (χ1) is 12.1. The van der Waals surface area contributed by atoms with Crippen molar-refractivity contribution in [2.75, 3.05) is 0 Å². The Kier molecular flexibility index (Phi) is 4.07. The Bertz CT molecular complexity index is 786. The van der Waals surface area contributed by atoms with Crippen molar-refractivity contribution in [2.24, 2.45) is 0 Å². The molecule has 2 saturated carbocycles. The third-order valence-electron chi connectivity index (χ3n) is 4.68. The van der Waals surface area contributed by atoms with Crippen LogP contribution in [0.3, 0.4) is 0 Å². The molecule has 2 aliphatic rings. The lowest BCUT2D eigenvalue weighted by atomic mass is 10.1. The van der Waals surface area contributed by atoms with E-state index in [9.17, 15) is 9.59 Å². The van der Waals surface area contributed by atoms with Crippen LogP contribution in [-0.2, 0) is 6.54 Å². The van der Waals surface area contributed by atoms with Gasteiger partial charge < -0.3 is 14.6 Å². The lowest BCUT2D eigenvalue weighted by Crippen LogP contribution is -2.32. The Labute approximate surface area is 147 Å². The molecule has 0 aliphatic heterocycles. The molecule has 1 aromatic heterocycles. The molecular formula is C20H22N2O3. The maximum atomic E-state index is 12.7. The molecule has 0 radical (unpaired) electrons. The van der Waals surface area contributed by atoms with Crippen LogP contribution in [0.5, 0.6) is 0 Å². The van der Waals surface area contributed by atoms with Gasteiger partial charge in [-0.05, 0) is 62.4 Å². The number of furan rings is 1. The van der Waals surface area contributed by atoms with Gasteiger partial charge in [0, 0.05) is 24.2 Å². The number of carbonyl (C=O) groups is 2. The van der Waals surface area contributed by atoms with Gasteiger partial charge in [0.2, 0.25) is 0 Å². The summed E-state index contributed by atoms with van der Waals surface area (Å²) in [5.41, 5.74) is 1.69. The normalized spacial score (nSPS) is 16.5. The molecule has 0 atom stereocenters. The SMILES string of the molecule is Cc1ccc(C(=O)N(Cc2ccc(C(=O)NC3CC3)cc2)C2CC2)o1. The van der Waals surface area contributed by atoms with E-state index in [1.54, 1.807) is 6.07 Å². The number of nitrogens with zero attached hydrogens (tertiary/aromatic N) is 1. The standard InChI is InChI=1S/C20H22N2O3/c1-13-2-11-18(25-13)20(24)22(17-9-10-17)12-14-3-5-15(6-4-14)19(23)21-16-7-8-16/h2-6,11,16-17H,7-10,12H2,1H3,(H,21,23). The summed E-state index contributed by atoms with van der Waals surface area (Å²) in [6.07, 6.45) is 4.23. The van der Waals surface area contributed by atoms with Gasteiger partial charge in [-0.1, -0.05) is 12.1 Å². The molecule has 2 amide bonds. The molecule has 0 spiro atoms. The van der Waals surface area contributed by atoms with E-state index >= 15 is 0 Å². The first kappa shape index (κ1) is 15.9. The van der Waals surface area contributed by atoms with Crippen molar-refractivity contribution in [3.8, 4) is 0 Å². The van der Waals surface area contributed by atoms with Crippen LogP contribution in [0.2, 0.25) is 0 Å². The highest BCUT2D eigenvalue weighted by Gasteiger charge is 2.34. The van der Waals surface area contributed by atoms with E-state index in [2.05, 4.69) is 5.32 Å². The minimum Gasteiger partial charge on any atom is -0.456 e. The molecule has 5 heteroatoms. The molecule has 2 fully saturated rings. The summed E-state index contributed by atoms with van der Waals surface area (Å²) >= 11 is 0. The largest absolute Gasteiger partial charge is 0.456 e. The first-order valence-electron chi connectivity index (χ1n) is 8.87. The second-order valence-electron chi connectivity index (χ2n) is 7.02. The maximum Gasteiger partial charge on any atom is 0.290 e. The van der Waals surface area contributed by atoms with E-state index in [-0.39, 0.29) is 17.9 Å². The number of carbonyl (C=O) groups excluding carboxylic acids is 2. The van der Waals surface area contributed by atoms with Crippen LogP contribution < -0.4 is 5.32 Å². The summed E-state index contributed by atoms with van der Waals surface area (Å²) in [5, 5.41) is 2.98. The van der Waals surface area contributed by atoms with E-state index in [4.69, 9.17) is 4.42 Å². The van der Waals surface area contributed by atoms with E-state index in [0.29, 0.717) is 23.9 Å². The predicted octanol–water partition coefficient (Wildman–Crippen LogP) is 3.29. The molecule has 0 bridgehead atoms. The van der Waals surface area contributed by atoms with Gasteiger partial charge in [-0.2, -0.15) is 0 Å². The number of amides is 2. The van der Waals surface area contributed by atoms with E-state index in [1.165, 1.54) is 0 Å². The summed E-state index contributed by atoms with van der Waals surface area (Å²) in [7, 11) is 0. The number of nitrogens with one attached hydrogen (secondary N) is 1. The van der Waals surface area contributed by atoms with Gasteiger partial charge >= 0.3 is 0 Å². The highest BCUT2D eigenvalue weighted by atomic mass is 16.3. The van der Waals surface area contributed by atoms with Crippen molar-refractivity contribution in [2.45, 2.75) is 51.2 Å².